The van der Waals surface area contributed by atoms with Crippen molar-refractivity contribution in [2.75, 3.05) is 59.7 Å². The molecule has 5 heteroatoms. The molecular formula is C85H77N5. The standard InChI is InChI=1S/2C19H17N.2C17H15N.C13H13N/c1-20(18-12-6-3-7-13-18)19-14-8-11-17(15-19)16-9-4-2-5-10-16;1-20(18-10-6-3-7-11-18)19-14-12-17(13-15-19)16-8-4-2-5-9-16;1-18(15-10-3-2-4-11-15)17-13-7-9-14-8-5-6-12-16(14)17;1-18(16-9-3-2-4-10-16)17-12-11-14-7-5-6-8-15(14)13-17;1-14(12-8-4-2-5-9-12)13-10-6-3-7-11-13/h2*2-15H,1H3;2*2-13H,1H3;2-11H,1H3. The lowest BCUT2D eigenvalue weighted by Gasteiger charge is -2.21. The van der Waals surface area contributed by atoms with Crippen LogP contribution in [0.4, 0.5) is 56.9 Å². The third kappa shape index (κ3) is 16.8. The van der Waals surface area contributed by atoms with Crippen LogP contribution in [0, 0.1) is 0 Å². The van der Waals surface area contributed by atoms with Crippen LogP contribution in [0.2, 0.25) is 0 Å². The molecule has 14 aromatic rings. The molecule has 0 saturated heterocycles. The molecule has 14 rings (SSSR count). The van der Waals surface area contributed by atoms with E-state index in [4.69, 9.17) is 0 Å². The van der Waals surface area contributed by atoms with Crippen LogP contribution in [-0.4, -0.2) is 35.2 Å². The van der Waals surface area contributed by atoms with E-state index < -0.39 is 0 Å². The van der Waals surface area contributed by atoms with Crippen molar-refractivity contribution in [1.82, 2.24) is 0 Å². The molecule has 0 atom stereocenters. The van der Waals surface area contributed by atoms with Crippen molar-refractivity contribution in [3.8, 4) is 22.3 Å². The highest BCUT2D eigenvalue weighted by molar-refractivity contribution is 5.96. The number of para-hydroxylation sites is 6. The fourth-order valence-electron chi connectivity index (χ4n) is 10.6. The average Bonchev–Trinajstić information content (AvgIpc) is 1.29. The topological polar surface area (TPSA) is 16.2 Å². The van der Waals surface area contributed by atoms with E-state index in [0.717, 1.165) is 0 Å². The highest BCUT2D eigenvalue weighted by atomic mass is 15.1. The Kier molecular flexibility index (Phi) is 21.8. The fourth-order valence-corrected chi connectivity index (χ4v) is 10.6. The quantitative estimate of drug-likeness (QED) is 0.121. The molecule has 442 valence electrons. The summed E-state index contributed by atoms with van der Waals surface area (Å²) in [5.74, 6) is 0. The lowest BCUT2D eigenvalue weighted by molar-refractivity contribution is 1.21. The Morgan fingerprint density at radius 3 is 0.867 bits per heavy atom. The minimum Gasteiger partial charge on any atom is -0.345 e. The SMILES string of the molecule is CN(c1ccccc1)c1ccc(-c2ccccc2)cc1.CN(c1ccccc1)c1ccc2ccccc2c1.CN(c1ccccc1)c1cccc(-c2ccccc2)c1.CN(c1ccccc1)c1cccc2ccccc12.CN(c1ccccc1)c1ccccc1. The van der Waals surface area contributed by atoms with E-state index in [2.05, 4.69) is 387 Å². The molecule has 0 fully saturated rings. The van der Waals surface area contributed by atoms with Gasteiger partial charge in [-0.25, -0.2) is 0 Å². The number of rotatable bonds is 12. The molecule has 0 heterocycles. The van der Waals surface area contributed by atoms with E-state index in [1.165, 1.54) is 101 Å². The van der Waals surface area contributed by atoms with Gasteiger partial charge >= 0.3 is 0 Å². The summed E-state index contributed by atoms with van der Waals surface area (Å²) in [6, 6.07) is 130. The molecule has 0 unspecified atom stereocenters. The van der Waals surface area contributed by atoms with Gasteiger partial charge in [0.15, 0.2) is 0 Å². The zero-order valence-corrected chi connectivity index (χ0v) is 52.0. The summed E-state index contributed by atoms with van der Waals surface area (Å²) in [6.45, 7) is 0. The molecule has 0 spiro atoms. The van der Waals surface area contributed by atoms with Gasteiger partial charge in [0.1, 0.15) is 0 Å². The number of anilines is 10. The van der Waals surface area contributed by atoms with Crippen LogP contribution in [0.3, 0.4) is 0 Å². The first-order valence-electron chi connectivity index (χ1n) is 30.5. The molecular weight excluding hydrogens is 1090 g/mol. The Labute approximate surface area is 533 Å². The number of hydrogen-bond acceptors (Lipinski definition) is 5. The molecule has 0 N–H and O–H groups in total. The third-order valence-corrected chi connectivity index (χ3v) is 15.8. The minimum absolute atomic E-state index is 1.19. The van der Waals surface area contributed by atoms with Crippen molar-refractivity contribution in [2.45, 2.75) is 0 Å². The van der Waals surface area contributed by atoms with E-state index >= 15 is 0 Å². The first-order valence-corrected chi connectivity index (χ1v) is 30.5. The highest BCUT2D eigenvalue weighted by Gasteiger charge is 2.10. The first kappa shape index (κ1) is 61.7. The number of benzene rings is 14. The van der Waals surface area contributed by atoms with Crippen LogP contribution in [0.15, 0.2) is 376 Å². The monoisotopic (exact) mass is 1170 g/mol. The van der Waals surface area contributed by atoms with Crippen molar-refractivity contribution in [2.24, 2.45) is 0 Å². The number of nitrogens with zero attached hydrogens (tertiary/aromatic N) is 5. The predicted molar refractivity (Wildman–Crippen MR) is 391 cm³/mol. The third-order valence-electron chi connectivity index (χ3n) is 15.8. The van der Waals surface area contributed by atoms with Gasteiger partial charge in [-0.05, 0) is 154 Å². The molecule has 5 nitrogen and oxygen atoms in total. The van der Waals surface area contributed by atoms with E-state index in [1.54, 1.807) is 0 Å². The minimum atomic E-state index is 1.19. The van der Waals surface area contributed by atoms with Gasteiger partial charge in [-0.3, -0.25) is 0 Å². The maximum Gasteiger partial charge on any atom is 0.0487 e. The lowest BCUT2D eigenvalue weighted by atomic mass is 10.0. The van der Waals surface area contributed by atoms with Crippen molar-refractivity contribution in [3.05, 3.63) is 376 Å². The van der Waals surface area contributed by atoms with Crippen LogP contribution in [-0.2, 0) is 0 Å². The van der Waals surface area contributed by atoms with Gasteiger partial charge in [-0.15, -0.1) is 0 Å². The van der Waals surface area contributed by atoms with Gasteiger partial charge in [-0.2, -0.15) is 0 Å². The van der Waals surface area contributed by atoms with Crippen molar-refractivity contribution in [3.63, 3.8) is 0 Å². The van der Waals surface area contributed by atoms with Crippen molar-refractivity contribution >= 4 is 78.4 Å². The lowest BCUT2D eigenvalue weighted by Crippen LogP contribution is -2.09. The first-order chi connectivity index (χ1) is 44.3. The second-order valence-electron chi connectivity index (χ2n) is 21.7. The van der Waals surface area contributed by atoms with Crippen LogP contribution < -0.4 is 24.5 Å². The van der Waals surface area contributed by atoms with Gasteiger partial charge in [-0.1, -0.05) is 261 Å². The van der Waals surface area contributed by atoms with Crippen LogP contribution in [0.1, 0.15) is 0 Å². The Hall–Kier alpha value is -11.4. The van der Waals surface area contributed by atoms with Crippen LogP contribution in [0.25, 0.3) is 43.8 Å². The number of fused-ring (bicyclic) bond motifs is 2. The van der Waals surface area contributed by atoms with Crippen molar-refractivity contribution < 1.29 is 0 Å². The van der Waals surface area contributed by atoms with Gasteiger partial charge in [0.05, 0.1) is 0 Å². The fraction of sp³-hybridized carbons (Fsp3) is 0.0588. The second-order valence-corrected chi connectivity index (χ2v) is 21.7. The van der Waals surface area contributed by atoms with E-state index in [1.807, 2.05) is 48.5 Å². The summed E-state index contributed by atoms with van der Waals surface area (Å²) in [5.41, 5.74) is 17.0. The van der Waals surface area contributed by atoms with Gasteiger partial charge in [0, 0.05) is 97.5 Å². The van der Waals surface area contributed by atoms with E-state index in [-0.39, 0.29) is 0 Å². The largest absolute Gasteiger partial charge is 0.345 e. The highest BCUT2D eigenvalue weighted by Crippen LogP contribution is 2.33. The van der Waals surface area contributed by atoms with E-state index in [9.17, 15) is 0 Å². The van der Waals surface area contributed by atoms with Crippen LogP contribution >= 0.6 is 0 Å². The summed E-state index contributed by atoms with van der Waals surface area (Å²) in [4.78, 5) is 11.0. The van der Waals surface area contributed by atoms with Gasteiger partial charge in [0.25, 0.3) is 0 Å². The molecule has 14 aromatic carbocycles. The molecule has 0 saturated carbocycles. The molecule has 0 radical (unpaired) electrons. The summed E-state index contributed by atoms with van der Waals surface area (Å²) >= 11 is 0. The van der Waals surface area contributed by atoms with Gasteiger partial charge in [0.2, 0.25) is 0 Å². The maximum absolute atomic E-state index is 2.22. The smallest absolute Gasteiger partial charge is 0.0487 e. The Bertz CT molecular complexity index is 4300. The second kappa shape index (κ2) is 31.8. The Morgan fingerprint density at radius 1 is 0.156 bits per heavy atom. The molecule has 0 aliphatic rings. The summed E-state index contributed by atoms with van der Waals surface area (Å²) < 4.78 is 0. The van der Waals surface area contributed by atoms with Crippen molar-refractivity contribution in [1.29, 1.82) is 0 Å². The summed E-state index contributed by atoms with van der Waals surface area (Å²) in [6.07, 6.45) is 0. The number of hydrogen-bond donors (Lipinski definition) is 0. The van der Waals surface area contributed by atoms with Crippen LogP contribution in [0.5, 0.6) is 0 Å². The normalized spacial score (nSPS) is 10.3. The predicted octanol–water partition coefficient (Wildman–Crippen LogP) is 22.9. The summed E-state index contributed by atoms with van der Waals surface area (Å²) in [5, 5.41) is 5.12. The zero-order chi connectivity index (χ0) is 62.1. The molecule has 0 aromatic heterocycles. The average molecular weight is 1170 g/mol. The molecule has 90 heavy (non-hydrogen) atoms. The zero-order valence-electron chi connectivity index (χ0n) is 52.0. The Morgan fingerprint density at radius 2 is 0.422 bits per heavy atom. The maximum atomic E-state index is 2.22. The molecule has 0 aliphatic carbocycles. The Balaban J connectivity index is 0.000000124. The summed E-state index contributed by atoms with van der Waals surface area (Å²) in [7, 11) is 10.5. The van der Waals surface area contributed by atoms with E-state index in [0.29, 0.717) is 0 Å². The molecule has 0 bridgehead atoms. The molecule has 0 aliphatic heterocycles. The van der Waals surface area contributed by atoms with Gasteiger partial charge < -0.3 is 24.5 Å². The molecule has 0 amide bonds.